The number of hydrogen-bond acceptors (Lipinski definition) is 3. The van der Waals surface area contributed by atoms with Crippen molar-refractivity contribution in [2.24, 2.45) is 5.10 Å². The Hall–Kier alpha value is -2.99. The summed E-state index contributed by atoms with van der Waals surface area (Å²) in [5.74, 6) is -0.502. The lowest BCUT2D eigenvalue weighted by molar-refractivity contribution is -0.115. The molecule has 0 atom stereocenters. The lowest BCUT2D eigenvalue weighted by Gasteiger charge is -2.07. The predicted molar refractivity (Wildman–Crippen MR) is 112 cm³/mol. The molecule has 2 N–H and O–H groups in total. The van der Waals surface area contributed by atoms with Crippen molar-refractivity contribution in [3.05, 3.63) is 76.8 Å². The first-order valence-electron chi connectivity index (χ1n) is 8.39. The molecule has 27 heavy (non-hydrogen) atoms. The highest BCUT2D eigenvalue weighted by Crippen LogP contribution is 2.18. The number of hydrogen-bond donors (Lipinski definition) is 2. The van der Waals surface area contributed by atoms with Gasteiger partial charge in [0, 0.05) is 21.4 Å². The van der Waals surface area contributed by atoms with Gasteiger partial charge in [0.2, 0.25) is 5.91 Å². The quantitative estimate of drug-likeness (QED) is 0.459. The van der Waals surface area contributed by atoms with Crippen molar-refractivity contribution in [3.8, 4) is 0 Å². The van der Waals surface area contributed by atoms with Crippen LogP contribution in [0.1, 0.15) is 23.7 Å². The SMILES string of the molecule is CC(CC(=O)Nc1ccc(Br)cc1)=NNC(=O)c1cccc2ccccc12. The zero-order valence-corrected chi connectivity index (χ0v) is 16.3. The van der Waals surface area contributed by atoms with Gasteiger partial charge in [-0.3, -0.25) is 9.59 Å². The third-order valence-corrected chi connectivity index (χ3v) is 4.46. The minimum absolute atomic E-state index is 0.0892. The number of nitrogens with one attached hydrogen (secondary N) is 2. The molecule has 0 unspecified atom stereocenters. The number of nitrogens with zero attached hydrogens (tertiary/aromatic N) is 1. The lowest BCUT2D eigenvalue weighted by atomic mass is 10.0. The first-order valence-corrected chi connectivity index (χ1v) is 9.19. The molecule has 136 valence electrons. The standard InChI is InChI=1S/C21H18BrN3O2/c1-14(13-20(26)23-17-11-9-16(22)10-12-17)24-25-21(27)19-8-4-6-15-5-2-3-7-18(15)19/h2-12H,13H2,1H3,(H,23,26)(H,25,27). The van der Waals surface area contributed by atoms with E-state index in [-0.39, 0.29) is 18.2 Å². The van der Waals surface area contributed by atoms with Crippen LogP contribution < -0.4 is 10.7 Å². The van der Waals surface area contributed by atoms with Crippen LogP contribution in [0.3, 0.4) is 0 Å². The maximum Gasteiger partial charge on any atom is 0.271 e. The molecule has 2 amide bonds. The summed E-state index contributed by atoms with van der Waals surface area (Å²) < 4.78 is 0.939. The van der Waals surface area contributed by atoms with E-state index in [1.54, 1.807) is 25.1 Å². The molecule has 0 aliphatic rings. The number of anilines is 1. The van der Waals surface area contributed by atoms with Crippen molar-refractivity contribution in [2.75, 3.05) is 5.32 Å². The van der Waals surface area contributed by atoms with Crippen LogP contribution in [0.25, 0.3) is 10.8 Å². The van der Waals surface area contributed by atoms with Crippen molar-refractivity contribution in [1.29, 1.82) is 0 Å². The van der Waals surface area contributed by atoms with Gasteiger partial charge in [-0.1, -0.05) is 52.3 Å². The highest BCUT2D eigenvalue weighted by atomic mass is 79.9. The van der Waals surface area contributed by atoms with Gasteiger partial charge in [-0.2, -0.15) is 5.10 Å². The Morgan fingerprint density at radius 2 is 1.67 bits per heavy atom. The smallest absolute Gasteiger partial charge is 0.271 e. The zero-order chi connectivity index (χ0) is 19.2. The Morgan fingerprint density at radius 1 is 0.963 bits per heavy atom. The molecular weight excluding hydrogens is 406 g/mol. The molecule has 0 fully saturated rings. The average Bonchev–Trinajstić information content (AvgIpc) is 2.67. The molecule has 0 saturated heterocycles. The Morgan fingerprint density at radius 3 is 2.44 bits per heavy atom. The second-order valence-corrected chi connectivity index (χ2v) is 6.96. The summed E-state index contributed by atoms with van der Waals surface area (Å²) in [6.07, 6.45) is 0.0892. The van der Waals surface area contributed by atoms with Crippen LogP contribution in [-0.2, 0) is 4.79 Å². The summed E-state index contributed by atoms with van der Waals surface area (Å²) in [4.78, 5) is 24.5. The second kappa shape index (κ2) is 8.60. The van der Waals surface area contributed by atoms with Crippen molar-refractivity contribution >= 4 is 49.9 Å². The van der Waals surface area contributed by atoms with E-state index in [2.05, 4.69) is 31.8 Å². The summed E-state index contributed by atoms with van der Waals surface area (Å²) in [5.41, 5.74) is 4.29. The maximum atomic E-state index is 12.4. The number of fused-ring (bicyclic) bond motifs is 1. The predicted octanol–water partition coefficient (Wildman–Crippen LogP) is 4.74. The Kier molecular flexibility index (Phi) is 5.98. The van der Waals surface area contributed by atoms with E-state index in [9.17, 15) is 9.59 Å². The van der Waals surface area contributed by atoms with E-state index in [0.29, 0.717) is 17.0 Å². The van der Waals surface area contributed by atoms with Gasteiger partial charge < -0.3 is 5.32 Å². The van der Waals surface area contributed by atoms with Crippen LogP contribution in [0.4, 0.5) is 5.69 Å². The van der Waals surface area contributed by atoms with Crippen LogP contribution in [0.2, 0.25) is 0 Å². The Bertz CT molecular complexity index is 1010. The molecule has 0 radical (unpaired) electrons. The molecule has 5 nitrogen and oxygen atoms in total. The van der Waals surface area contributed by atoms with Crippen LogP contribution in [0.15, 0.2) is 76.3 Å². The van der Waals surface area contributed by atoms with Gasteiger partial charge in [-0.15, -0.1) is 0 Å². The summed E-state index contributed by atoms with van der Waals surface area (Å²) in [7, 11) is 0. The van der Waals surface area contributed by atoms with Gasteiger partial charge in [0.05, 0.1) is 6.42 Å². The third-order valence-electron chi connectivity index (χ3n) is 3.93. The fourth-order valence-electron chi connectivity index (χ4n) is 2.64. The van der Waals surface area contributed by atoms with E-state index in [1.807, 2.05) is 48.5 Å². The second-order valence-electron chi connectivity index (χ2n) is 6.05. The monoisotopic (exact) mass is 423 g/mol. The first-order chi connectivity index (χ1) is 13.0. The third kappa shape index (κ3) is 5.01. The minimum atomic E-state index is -0.306. The Balaban J connectivity index is 1.61. The molecule has 0 saturated carbocycles. The van der Waals surface area contributed by atoms with Gasteiger partial charge in [-0.25, -0.2) is 5.43 Å². The number of amides is 2. The van der Waals surface area contributed by atoms with Crippen LogP contribution >= 0.6 is 15.9 Å². The van der Waals surface area contributed by atoms with Crippen molar-refractivity contribution in [1.82, 2.24) is 5.43 Å². The summed E-state index contributed by atoms with van der Waals surface area (Å²) >= 11 is 3.35. The minimum Gasteiger partial charge on any atom is -0.326 e. The molecule has 0 aromatic heterocycles. The van der Waals surface area contributed by atoms with Gasteiger partial charge in [0.15, 0.2) is 0 Å². The van der Waals surface area contributed by atoms with E-state index in [4.69, 9.17) is 0 Å². The van der Waals surface area contributed by atoms with Crippen molar-refractivity contribution in [2.45, 2.75) is 13.3 Å². The van der Waals surface area contributed by atoms with Crippen LogP contribution in [0.5, 0.6) is 0 Å². The number of carbonyl (C=O) groups is 2. The number of carbonyl (C=O) groups excluding carboxylic acids is 2. The van der Waals surface area contributed by atoms with E-state index in [0.717, 1.165) is 15.2 Å². The molecule has 0 spiro atoms. The molecule has 3 aromatic carbocycles. The van der Waals surface area contributed by atoms with Gasteiger partial charge in [0.1, 0.15) is 0 Å². The topological polar surface area (TPSA) is 70.6 Å². The van der Waals surface area contributed by atoms with Crippen LogP contribution in [0, 0.1) is 0 Å². The molecule has 0 bridgehead atoms. The molecule has 0 aliphatic heterocycles. The summed E-state index contributed by atoms with van der Waals surface area (Å²) in [5, 5.41) is 8.69. The largest absolute Gasteiger partial charge is 0.326 e. The first kappa shape index (κ1) is 18.8. The summed E-state index contributed by atoms with van der Waals surface area (Å²) in [6.45, 7) is 1.70. The van der Waals surface area contributed by atoms with E-state index >= 15 is 0 Å². The number of rotatable bonds is 5. The van der Waals surface area contributed by atoms with Gasteiger partial charge in [-0.05, 0) is 48.0 Å². The highest BCUT2D eigenvalue weighted by molar-refractivity contribution is 9.10. The zero-order valence-electron chi connectivity index (χ0n) is 14.7. The van der Waals surface area contributed by atoms with Crippen molar-refractivity contribution in [3.63, 3.8) is 0 Å². The fourth-order valence-corrected chi connectivity index (χ4v) is 2.90. The number of halogens is 1. The van der Waals surface area contributed by atoms with Gasteiger partial charge in [0.25, 0.3) is 5.91 Å². The fraction of sp³-hybridized carbons (Fsp3) is 0.0952. The van der Waals surface area contributed by atoms with E-state index < -0.39 is 0 Å². The van der Waals surface area contributed by atoms with E-state index in [1.165, 1.54) is 0 Å². The highest BCUT2D eigenvalue weighted by Gasteiger charge is 2.10. The Labute approximate surface area is 165 Å². The molecule has 3 aromatic rings. The van der Waals surface area contributed by atoms with Crippen molar-refractivity contribution < 1.29 is 9.59 Å². The maximum absolute atomic E-state index is 12.4. The molecule has 0 aliphatic carbocycles. The van der Waals surface area contributed by atoms with Gasteiger partial charge >= 0.3 is 0 Å². The molecule has 3 rings (SSSR count). The average molecular weight is 424 g/mol. The number of hydrazone groups is 1. The molecular formula is C21H18BrN3O2. The normalized spacial score (nSPS) is 11.3. The molecule has 6 heteroatoms. The number of benzene rings is 3. The summed E-state index contributed by atoms with van der Waals surface area (Å²) in [6, 6.07) is 20.5. The lowest BCUT2D eigenvalue weighted by Crippen LogP contribution is -2.21. The van der Waals surface area contributed by atoms with Crippen LogP contribution in [-0.4, -0.2) is 17.5 Å². The molecule has 0 heterocycles.